The lowest BCUT2D eigenvalue weighted by molar-refractivity contribution is 0.102. The molecule has 1 unspecified atom stereocenters. The highest BCUT2D eigenvalue weighted by molar-refractivity contribution is 7.99. The molecular weight excluding hydrogens is 310 g/mol. The molecule has 0 radical (unpaired) electrons. The summed E-state index contributed by atoms with van der Waals surface area (Å²) in [6.45, 7) is 2.62. The van der Waals surface area contributed by atoms with E-state index in [0.29, 0.717) is 6.61 Å². The van der Waals surface area contributed by atoms with Crippen molar-refractivity contribution in [3.63, 3.8) is 0 Å². The molecule has 2 aromatic rings. The number of thioether (sulfide) groups is 1. The maximum absolute atomic E-state index is 11.0. The second-order valence-electron chi connectivity index (χ2n) is 5.28. The molecule has 0 fully saturated rings. The van der Waals surface area contributed by atoms with E-state index in [0.717, 1.165) is 39.5 Å². The lowest BCUT2D eigenvalue weighted by Gasteiger charge is -2.24. The van der Waals surface area contributed by atoms with Crippen molar-refractivity contribution in [3.8, 4) is 16.9 Å². The predicted octanol–water partition coefficient (Wildman–Crippen LogP) is 4.38. The summed E-state index contributed by atoms with van der Waals surface area (Å²) in [6.07, 6.45) is -0.173. The van der Waals surface area contributed by atoms with Gasteiger partial charge in [-0.25, -0.2) is 4.79 Å². The molecule has 4 nitrogen and oxygen atoms in total. The number of hydrogen-bond acceptors (Lipinski definition) is 4. The summed E-state index contributed by atoms with van der Waals surface area (Å²) in [6, 6.07) is 14.3. The van der Waals surface area contributed by atoms with Crippen molar-refractivity contribution >= 4 is 17.9 Å². The number of fused-ring (bicyclic) bond motifs is 1. The van der Waals surface area contributed by atoms with Crippen LogP contribution in [0.5, 0.6) is 5.75 Å². The van der Waals surface area contributed by atoms with Gasteiger partial charge in [0.15, 0.2) is 0 Å². The molecule has 2 aromatic carbocycles. The Balaban J connectivity index is 1.91. The molecule has 1 heterocycles. The standard InChI is InChI=1S/C18H19NO3S/c1-2-21-14-5-3-4-12(10-14)13-6-7-15-16(22-18(19)20)8-9-23-17(15)11-13/h3-7,10-11,16H,2,8-9H2,1H3,(H2,19,20). The van der Waals surface area contributed by atoms with Crippen LogP contribution in [0.2, 0.25) is 0 Å². The van der Waals surface area contributed by atoms with Gasteiger partial charge in [-0.2, -0.15) is 0 Å². The fraction of sp³-hybridized carbons (Fsp3) is 0.278. The molecule has 0 saturated carbocycles. The number of nitrogens with two attached hydrogens (primary N) is 1. The third-order valence-electron chi connectivity index (χ3n) is 3.73. The van der Waals surface area contributed by atoms with E-state index in [1.165, 1.54) is 0 Å². The second kappa shape index (κ2) is 6.96. The lowest BCUT2D eigenvalue weighted by Crippen LogP contribution is -2.20. The Labute approximate surface area is 140 Å². The molecule has 23 heavy (non-hydrogen) atoms. The number of ether oxygens (including phenoxy) is 2. The number of carbonyl (C=O) groups is 1. The minimum Gasteiger partial charge on any atom is -0.494 e. The Morgan fingerprint density at radius 3 is 2.87 bits per heavy atom. The molecule has 1 aliphatic rings. The van der Waals surface area contributed by atoms with Gasteiger partial charge < -0.3 is 15.2 Å². The fourth-order valence-electron chi connectivity index (χ4n) is 2.73. The number of primary amides is 1. The van der Waals surface area contributed by atoms with Crippen LogP contribution in [0.1, 0.15) is 25.0 Å². The average Bonchev–Trinajstić information content (AvgIpc) is 2.55. The van der Waals surface area contributed by atoms with Gasteiger partial charge in [0.2, 0.25) is 0 Å². The first-order chi connectivity index (χ1) is 11.2. The lowest BCUT2D eigenvalue weighted by atomic mass is 10.00. The zero-order valence-electron chi connectivity index (χ0n) is 13.0. The summed E-state index contributed by atoms with van der Waals surface area (Å²) in [5.74, 6) is 1.78. The van der Waals surface area contributed by atoms with Crippen molar-refractivity contribution in [3.05, 3.63) is 48.0 Å². The molecule has 120 valence electrons. The van der Waals surface area contributed by atoms with Gasteiger partial charge >= 0.3 is 6.09 Å². The van der Waals surface area contributed by atoms with Crippen molar-refractivity contribution in [1.29, 1.82) is 0 Å². The van der Waals surface area contributed by atoms with Gasteiger partial charge in [0, 0.05) is 16.2 Å². The number of rotatable bonds is 4. The largest absolute Gasteiger partial charge is 0.494 e. The molecule has 1 aliphatic heterocycles. The van der Waals surface area contributed by atoms with Crippen LogP contribution in [-0.2, 0) is 4.74 Å². The van der Waals surface area contributed by atoms with Gasteiger partial charge in [0.25, 0.3) is 0 Å². The van der Waals surface area contributed by atoms with Gasteiger partial charge in [-0.15, -0.1) is 11.8 Å². The van der Waals surface area contributed by atoms with E-state index in [1.807, 2.05) is 37.3 Å². The van der Waals surface area contributed by atoms with Crippen LogP contribution >= 0.6 is 11.8 Å². The molecule has 2 N–H and O–H groups in total. The second-order valence-corrected chi connectivity index (χ2v) is 6.41. The Morgan fingerprint density at radius 1 is 1.26 bits per heavy atom. The summed E-state index contributed by atoms with van der Waals surface area (Å²) < 4.78 is 10.8. The van der Waals surface area contributed by atoms with Crippen LogP contribution in [0.4, 0.5) is 4.79 Å². The maximum Gasteiger partial charge on any atom is 0.405 e. The quantitative estimate of drug-likeness (QED) is 0.904. The minimum atomic E-state index is -0.721. The maximum atomic E-state index is 11.0. The highest BCUT2D eigenvalue weighted by atomic mass is 32.2. The molecule has 0 bridgehead atoms. The van der Waals surface area contributed by atoms with Crippen molar-refractivity contribution < 1.29 is 14.3 Å². The molecule has 3 rings (SSSR count). The minimum absolute atomic E-state index is 0.243. The van der Waals surface area contributed by atoms with Crippen LogP contribution in [0.3, 0.4) is 0 Å². The predicted molar refractivity (Wildman–Crippen MR) is 91.8 cm³/mol. The summed E-state index contributed by atoms with van der Waals surface area (Å²) in [5.41, 5.74) is 8.43. The highest BCUT2D eigenvalue weighted by Gasteiger charge is 2.23. The summed E-state index contributed by atoms with van der Waals surface area (Å²) in [7, 11) is 0. The smallest absolute Gasteiger partial charge is 0.405 e. The van der Waals surface area contributed by atoms with Gasteiger partial charge in [0.05, 0.1) is 6.61 Å². The Hall–Kier alpha value is -2.14. The zero-order chi connectivity index (χ0) is 16.2. The molecule has 0 aromatic heterocycles. The normalized spacial score (nSPS) is 16.5. The van der Waals surface area contributed by atoms with Gasteiger partial charge in [0.1, 0.15) is 11.9 Å². The molecule has 1 atom stereocenters. The van der Waals surface area contributed by atoms with Crippen molar-refractivity contribution in [2.75, 3.05) is 12.4 Å². The van der Waals surface area contributed by atoms with Crippen LogP contribution in [0.15, 0.2) is 47.4 Å². The van der Waals surface area contributed by atoms with Gasteiger partial charge in [-0.3, -0.25) is 0 Å². The molecular formula is C18H19NO3S. The number of benzene rings is 2. The van der Waals surface area contributed by atoms with E-state index in [4.69, 9.17) is 15.2 Å². The number of hydrogen-bond donors (Lipinski definition) is 1. The van der Waals surface area contributed by atoms with Crippen molar-refractivity contribution in [2.24, 2.45) is 5.73 Å². The first-order valence-corrected chi connectivity index (χ1v) is 8.62. The first-order valence-electron chi connectivity index (χ1n) is 7.63. The molecule has 0 saturated heterocycles. The SMILES string of the molecule is CCOc1cccc(-c2ccc3c(c2)SCCC3OC(N)=O)c1. The third kappa shape index (κ3) is 3.62. The molecule has 0 spiro atoms. The van der Waals surface area contributed by atoms with Crippen LogP contribution in [0, 0.1) is 0 Å². The van der Waals surface area contributed by atoms with E-state index >= 15 is 0 Å². The monoisotopic (exact) mass is 329 g/mol. The van der Waals surface area contributed by atoms with E-state index in [9.17, 15) is 4.79 Å². The van der Waals surface area contributed by atoms with E-state index in [-0.39, 0.29) is 6.10 Å². The van der Waals surface area contributed by atoms with Crippen LogP contribution < -0.4 is 10.5 Å². The average molecular weight is 329 g/mol. The molecule has 5 heteroatoms. The highest BCUT2D eigenvalue weighted by Crippen LogP contribution is 2.40. The zero-order valence-corrected chi connectivity index (χ0v) is 13.8. The number of carbonyl (C=O) groups excluding carboxylic acids is 1. The Bertz CT molecular complexity index is 717. The van der Waals surface area contributed by atoms with Crippen LogP contribution in [-0.4, -0.2) is 18.5 Å². The molecule has 1 amide bonds. The van der Waals surface area contributed by atoms with Crippen molar-refractivity contribution in [1.82, 2.24) is 0 Å². The fourth-order valence-corrected chi connectivity index (χ4v) is 3.86. The third-order valence-corrected chi connectivity index (χ3v) is 4.84. The van der Waals surface area contributed by atoms with E-state index in [1.54, 1.807) is 11.8 Å². The van der Waals surface area contributed by atoms with E-state index in [2.05, 4.69) is 12.1 Å². The van der Waals surface area contributed by atoms with Gasteiger partial charge in [-0.05, 0) is 42.7 Å². The first kappa shape index (κ1) is 15.7. The molecule has 0 aliphatic carbocycles. The summed E-state index contributed by atoms with van der Waals surface area (Å²) >= 11 is 1.78. The topological polar surface area (TPSA) is 61.6 Å². The number of amides is 1. The van der Waals surface area contributed by atoms with Gasteiger partial charge in [-0.1, -0.05) is 24.3 Å². The summed E-state index contributed by atoms with van der Waals surface area (Å²) in [5, 5.41) is 0. The Kier molecular flexibility index (Phi) is 4.76. The van der Waals surface area contributed by atoms with Crippen molar-refractivity contribution in [2.45, 2.75) is 24.3 Å². The summed E-state index contributed by atoms with van der Waals surface area (Å²) in [4.78, 5) is 12.2. The Morgan fingerprint density at radius 2 is 2.09 bits per heavy atom. The van der Waals surface area contributed by atoms with Crippen LogP contribution in [0.25, 0.3) is 11.1 Å². The van der Waals surface area contributed by atoms with E-state index < -0.39 is 6.09 Å².